The maximum atomic E-state index is 11.9. The number of hydrogen-bond acceptors (Lipinski definition) is 4. The average molecular weight is 366 g/mol. The highest BCUT2D eigenvalue weighted by Crippen LogP contribution is 2.21. The third kappa shape index (κ3) is 6.86. The van der Waals surface area contributed by atoms with E-state index in [9.17, 15) is 18.0 Å². The van der Waals surface area contributed by atoms with Gasteiger partial charge in [0.25, 0.3) is 0 Å². The van der Waals surface area contributed by atoms with Crippen LogP contribution in [0.4, 0.5) is 0 Å². The molecular formula is C18H26N2O4S. The zero-order chi connectivity index (χ0) is 18.3. The Kier molecular flexibility index (Phi) is 6.99. The van der Waals surface area contributed by atoms with Crippen molar-refractivity contribution in [2.75, 3.05) is 11.5 Å². The fourth-order valence-electron chi connectivity index (χ4n) is 2.92. The van der Waals surface area contributed by atoms with Crippen molar-refractivity contribution < 1.29 is 18.0 Å². The van der Waals surface area contributed by atoms with Crippen molar-refractivity contribution in [1.82, 2.24) is 10.9 Å². The maximum Gasteiger partial charge on any atom is 0.242 e. The Labute approximate surface area is 149 Å². The Morgan fingerprint density at radius 1 is 1.08 bits per heavy atom. The molecule has 1 aromatic carbocycles. The number of rotatable bonds is 7. The van der Waals surface area contributed by atoms with Crippen LogP contribution in [-0.4, -0.2) is 31.7 Å². The minimum absolute atomic E-state index is 0.0543. The minimum atomic E-state index is -2.99. The standard InChI is InChI=1S/C18H26N2O4S/c1-2-3-4-14-5-7-15(8-6-14)11-17(21)19-20-18(22)12-16-9-10-25(23,24)13-16/h5-8,16H,2-4,9-13H2,1H3,(H,19,21)(H,20,22). The summed E-state index contributed by atoms with van der Waals surface area (Å²) in [4.78, 5) is 23.7. The SMILES string of the molecule is CCCCc1ccc(CC(=O)NNC(=O)CC2CCS(=O)(=O)C2)cc1. The molecule has 1 aliphatic heterocycles. The number of aryl methyl sites for hydroxylation is 1. The van der Waals surface area contributed by atoms with Crippen LogP contribution in [0.15, 0.2) is 24.3 Å². The second kappa shape index (κ2) is 8.99. The van der Waals surface area contributed by atoms with Crippen LogP contribution in [0.5, 0.6) is 0 Å². The van der Waals surface area contributed by atoms with Crippen LogP contribution in [0.1, 0.15) is 43.7 Å². The number of carbonyl (C=O) groups is 2. The zero-order valence-electron chi connectivity index (χ0n) is 14.6. The van der Waals surface area contributed by atoms with Gasteiger partial charge in [-0.05, 0) is 36.3 Å². The molecule has 1 aliphatic rings. The van der Waals surface area contributed by atoms with Gasteiger partial charge in [0, 0.05) is 6.42 Å². The van der Waals surface area contributed by atoms with Crippen LogP contribution in [0, 0.1) is 5.92 Å². The molecule has 1 unspecified atom stereocenters. The number of amides is 2. The average Bonchev–Trinajstić information content (AvgIpc) is 2.91. The van der Waals surface area contributed by atoms with Crippen molar-refractivity contribution in [3.63, 3.8) is 0 Å². The summed E-state index contributed by atoms with van der Waals surface area (Å²) in [7, 11) is -2.99. The van der Waals surface area contributed by atoms with E-state index >= 15 is 0 Å². The molecule has 7 heteroatoms. The van der Waals surface area contributed by atoms with Gasteiger partial charge in [-0.1, -0.05) is 37.6 Å². The molecule has 2 N–H and O–H groups in total. The summed E-state index contributed by atoms with van der Waals surface area (Å²) in [5, 5.41) is 0. The molecule has 1 atom stereocenters. The van der Waals surface area contributed by atoms with Crippen molar-refractivity contribution in [1.29, 1.82) is 0 Å². The molecule has 1 saturated heterocycles. The first-order valence-corrected chi connectivity index (χ1v) is 10.6. The van der Waals surface area contributed by atoms with E-state index in [1.807, 2.05) is 24.3 Å². The number of hydrogen-bond donors (Lipinski definition) is 2. The molecular weight excluding hydrogens is 340 g/mol. The molecule has 1 fully saturated rings. The lowest BCUT2D eigenvalue weighted by Crippen LogP contribution is -2.43. The Bertz CT molecular complexity index is 698. The number of unbranched alkanes of at least 4 members (excludes halogenated alkanes) is 1. The van der Waals surface area contributed by atoms with E-state index in [2.05, 4.69) is 17.8 Å². The highest BCUT2D eigenvalue weighted by molar-refractivity contribution is 7.91. The Morgan fingerprint density at radius 3 is 2.32 bits per heavy atom. The van der Waals surface area contributed by atoms with Crippen molar-refractivity contribution >= 4 is 21.7 Å². The van der Waals surface area contributed by atoms with Gasteiger partial charge in [-0.25, -0.2) is 8.42 Å². The van der Waals surface area contributed by atoms with Crippen LogP contribution >= 0.6 is 0 Å². The fraction of sp³-hybridized carbons (Fsp3) is 0.556. The third-order valence-corrected chi connectivity index (χ3v) is 6.19. The van der Waals surface area contributed by atoms with E-state index in [4.69, 9.17) is 0 Å². The van der Waals surface area contributed by atoms with E-state index in [1.165, 1.54) is 5.56 Å². The highest BCUT2D eigenvalue weighted by Gasteiger charge is 2.29. The molecule has 1 heterocycles. The van der Waals surface area contributed by atoms with Gasteiger partial charge < -0.3 is 0 Å². The van der Waals surface area contributed by atoms with E-state index < -0.39 is 9.84 Å². The van der Waals surface area contributed by atoms with E-state index in [0.717, 1.165) is 24.8 Å². The van der Waals surface area contributed by atoms with Gasteiger partial charge in [0.2, 0.25) is 11.8 Å². The lowest BCUT2D eigenvalue weighted by atomic mass is 10.0. The monoisotopic (exact) mass is 366 g/mol. The molecule has 0 saturated carbocycles. The third-order valence-electron chi connectivity index (χ3n) is 4.35. The molecule has 0 aliphatic carbocycles. The Morgan fingerprint density at radius 2 is 1.72 bits per heavy atom. The van der Waals surface area contributed by atoms with Crippen LogP contribution < -0.4 is 10.9 Å². The van der Waals surface area contributed by atoms with Crippen LogP contribution in [0.3, 0.4) is 0 Å². The maximum absolute atomic E-state index is 11.9. The van der Waals surface area contributed by atoms with Gasteiger partial charge >= 0.3 is 0 Å². The van der Waals surface area contributed by atoms with Gasteiger partial charge in [0.05, 0.1) is 17.9 Å². The van der Waals surface area contributed by atoms with Crippen molar-refractivity contribution in [2.45, 2.75) is 45.4 Å². The van der Waals surface area contributed by atoms with Gasteiger partial charge in [-0.2, -0.15) is 0 Å². The number of carbonyl (C=O) groups excluding carboxylic acids is 2. The molecule has 25 heavy (non-hydrogen) atoms. The fourth-order valence-corrected chi connectivity index (χ4v) is 4.78. The molecule has 2 amide bonds. The second-order valence-electron chi connectivity index (χ2n) is 6.67. The number of sulfone groups is 1. The van der Waals surface area contributed by atoms with Gasteiger partial charge in [-0.15, -0.1) is 0 Å². The molecule has 0 aromatic heterocycles. The zero-order valence-corrected chi connectivity index (χ0v) is 15.4. The summed E-state index contributed by atoms with van der Waals surface area (Å²) >= 11 is 0. The summed E-state index contributed by atoms with van der Waals surface area (Å²) in [6.45, 7) is 2.15. The molecule has 0 spiro atoms. The van der Waals surface area contributed by atoms with Crippen molar-refractivity contribution in [3.8, 4) is 0 Å². The Balaban J connectivity index is 1.70. The first-order valence-electron chi connectivity index (χ1n) is 8.74. The first kappa shape index (κ1) is 19.4. The molecule has 6 nitrogen and oxygen atoms in total. The summed E-state index contributed by atoms with van der Waals surface area (Å²) in [5.41, 5.74) is 6.89. The predicted octanol–water partition coefficient (Wildman–Crippen LogP) is 1.54. The van der Waals surface area contributed by atoms with Gasteiger partial charge in [-0.3, -0.25) is 20.4 Å². The number of nitrogens with one attached hydrogen (secondary N) is 2. The summed E-state index contributed by atoms with van der Waals surface area (Å²) in [6, 6.07) is 7.90. The van der Waals surface area contributed by atoms with Crippen molar-refractivity contribution in [3.05, 3.63) is 35.4 Å². The van der Waals surface area contributed by atoms with Crippen molar-refractivity contribution in [2.24, 2.45) is 5.92 Å². The predicted molar refractivity (Wildman–Crippen MR) is 96.4 cm³/mol. The normalized spacial score (nSPS) is 18.7. The van der Waals surface area contributed by atoms with E-state index in [-0.39, 0.29) is 42.1 Å². The van der Waals surface area contributed by atoms with E-state index in [0.29, 0.717) is 6.42 Å². The minimum Gasteiger partial charge on any atom is -0.273 e. The lowest BCUT2D eigenvalue weighted by molar-refractivity contribution is -0.129. The molecule has 0 radical (unpaired) electrons. The largest absolute Gasteiger partial charge is 0.273 e. The van der Waals surface area contributed by atoms with Gasteiger partial charge in [0.1, 0.15) is 0 Å². The smallest absolute Gasteiger partial charge is 0.242 e. The van der Waals surface area contributed by atoms with Gasteiger partial charge in [0.15, 0.2) is 9.84 Å². The highest BCUT2D eigenvalue weighted by atomic mass is 32.2. The molecule has 2 rings (SSSR count). The lowest BCUT2D eigenvalue weighted by Gasteiger charge is -2.10. The molecule has 1 aromatic rings. The first-order chi connectivity index (χ1) is 11.9. The number of hydrazine groups is 1. The second-order valence-corrected chi connectivity index (χ2v) is 8.90. The topological polar surface area (TPSA) is 92.3 Å². The summed E-state index contributed by atoms with van der Waals surface area (Å²) in [6.07, 6.45) is 4.15. The molecule has 0 bridgehead atoms. The molecule has 138 valence electrons. The quantitative estimate of drug-likeness (QED) is 0.716. The van der Waals surface area contributed by atoms with Crippen LogP contribution in [0.25, 0.3) is 0 Å². The van der Waals surface area contributed by atoms with Crippen LogP contribution in [-0.2, 0) is 32.3 Å². The Hall–Kier alpha value is -1.89. The number of benzene rings is 1. The van der Waals surface area contributed by atoms with Crippen LogP contribution in [0.2, 0.25) is 0 Å². The van der Waals surface area contributed by atoms with E-state index in [1.54, 1.807) is 0 Å². The summed E-state index contributed by atoms with van der Waals surface area (Å²) in [5.74, 6) is -0.610. The summed E-state index contributed by atoms with van der Waals surface area (Å²) < 4.78 is 22.7.